The van der Waals surface area contributed by atoms with Gasteiger partial charge in [-0.25, -0.2) is 9.18 Å². The van der Waals surface area contributed by atoms with E-state index in [0.717, 1.165) is 11.6 Å². The van der Waals surface area contributed by atoms with Gasteiger partial charge in [-0.3, -0.25) is 9.79 Å². The molecule has 0 amide bonds. The Labute approximate surface area is 190 Å². The van der Waals surface area contributed by atoms with Crippen molar-refractivity contribution in [2.45, 2.75) is 26.8 Å². The Morgan fingerprint density at radius 3 is 2.70 bits per heavy atom. The molecule has 2 N–H and O–H groups in total. The maximum absolute atomic E-state index is 14.1. The van der Waals surface area contributed by atoms with Gasteiger partial charge in [-0.05, 0) is 56.7 Å². The summed E-state index contributed by atoms with van der Waals surface area (Å²) in [7, 11) is 1.57. The van der Waals surface area contributed by atoms with Gasteiger partial charge in [-0.15, -0.1) is 6.42 Å². The van der Waals surface area contributed by atoms with Crippen LogP contribution in [0.15, 0.2) is 56.7 Å². The molecule has 0 aliphatic carbocycles. The molecule has 0 spiro atoms. The van der Waals surface area contributed by atoms with Crippen molar-refractivity contribution < 1.29 is 18.7 Å². The summed E-state index contributed by atoms with van der Waals surface area (Å²) in [5, 5.41) is 12.9. The van der Waals surface area contributed by atoms with Crippen LogP contribution >= 0.6 is 0 Å². The van der Waals surface area contributed by atoms with Crippen molar-refractivity contribution >= 4 is 28.3 Å². The lowest BCUT2D eigenvalue weighted by molar-refractivity contribution is 0.0693. The first-order valence-corrected chi connectivity index (χ1v) is 10.2. The number of halogens is 1. The number of nitrogens with one attached hydrogen (secondary N) is 1. The summed E-state index contributed by atoms with van der Waals surface area (Å²) in [4.78, 5) is 28.9. The van der Waals surface area contributed by atoms with Gasteiger partial charge in [0.25, 0.3) is 0 Å². The highest BCUT2D eigenvalue weighted by molar-refractivity contribution is 6.08. The highest BCUT2D eigenvalue weighted by Gasteiger charge is 2.22. The van der Waals surface area contributed by atoms with Crippen LogP contribution < -0.4 is 10.7 Å². The average molecular weight is 446 g/mol. The molecule has 3 aromatic rings. The quantitative estimate of drug-likeness (QED) is 0.409. The van der Waals surface area contributed by atoms with Gasteiger partial charge in [0.15, 0.2) is 11.2 Å². The van der Waals surface area contributed by atoms with Crippen molar-refractivity contribution in [3.8, 4) is 12.3 Å². The van der Waals surface area contributed by atoms with E-state index in [1.54, 1.807) is 33.0 Å². The molecule has 1 heterocycles. The maximum atomic E-state index is 14.1. The zero-order valence-corrected chi connectivity index (χ0v) is 18.7. The molecule has 168 valence electrons. The summed E-state index contributed by atoms with van der Waals surface area (Å²) in [5.41, 5.74) is 2.01. The van der Waals surface area contributed by atoms with Crippen LogP contribution in [0.5, 0.6) is 0 Å². The number of carboxylic acids is 1. The zero-order chi connectivity index (χ0) is 24.3. The molecule has 1 unspecified atom stereocenters. The Kier molecular flexibility index (Phi) is 6.78. The van der Waals surface area contributed by atoms with Crippen LogP contribution in [0.1, 0.15) is 45.8 Å². The normalized spacial score (nSPS) is 12.7. The lowest BCUT2D eigenvalue weighted by atomic mass is 9.99. The molecule has 3 rings (SSSR count). The number of aromatic carboxylic acids is 1. The fourth-order valence-corrected chi connectivity index (χ4v) is 3.69. The molecule has 0 saturated carbocycles. The van der Waals surface area contributed by atoms with Gasteiger partial charge in [0, 0.05) is 18.2 Å². The Balaban J connectivity index is 2.23. The Hall–Kier alpha value is -4.18. The molecule has 0 aliphatic rings. The zero-order valence-electron chi connectivity index (χ0n) is 18.7. The fraction of sp³-hybridized carbons (Fsp3) is 0.192. The maximum Gasteiger partial charge on any atom is 0.340 e. The second-order valence-electron chi connectivity index (χ2n) is 7.56. The Morgan fingerprint density at radius 2 is 2.06 bits per heavy atom. The summed E-state index contributed by atoms with van der Waals surface area (Å²) in [6, 6.07) is 7.05. The highest BCUT2D eigenvalue weighted by atomic mass is 19.1. The van der Waals surface area contributed by atoms with Gasteiger partial charge in [0.05, 0.1) is 17.1 Å². The number of benzene rings is 2. The topological polar surface area (TPSA) is 91.9 Å². The molecular formula is C26H23FN2O4. The molecule has 0 bridgehead atoms. The monoisotopic (exact) mass is 446 g/mol. The predicted molar refractivity (Wildman–Crippen MR) is 128 cm³/mol. The molecule has 33 heavy (non-hydrogen) atoms. The number of anilines is 1. The lowest BCUT2D eigenvalue weighted by Crippen LogP contribution is -2.16. The Bertz CT molecular complexity index is 1410. The van der Waals surface area contributed by atoms with E-state index >= 15 is 0 Å². The number of fused-ring (bicyclic) bond motifs is 1. The summed E-state index contributed by atoms with van der Waals surface area (Å²) >= 11 is 0. The number of aryl methyl sites for hydroxylation is 1. The first-order chi connectivity index (χ1) is 15.7. The largest absolute Gasteiger partial charge is 0.478 e. The van der Waals surface area contributed by atoms with E-state index in [1.165, 1.54) is 18.2 Å². The second kappa shape index (κ2) is 9.53. The number of rotatable bonds is 6. The molecule has 7 heteroatoms. The molecule has 0 radical (unpaired) electrons. The van der Waals surface area contributed by atoms with E-state index in [0.29, 0.717) is 27.8 Å². The highest BCUT2D eigenvalue weighted by Crippen LogP contribution is 2.30. The minimum Gasteiger partial charge on any atom is -0.478 e. The molecule has 2 aromatic carbocycles. The van der Waals surface area contributed by atoms with Crippen LogP contribution in [0.25, 0.3) is 11.0 Å². The van der Waals surface area contributed by atoms with Gasteiger partial charge < -0.3 is 14.8 Å². The van der Waals surface area contributed by atoms with Crippen LogP contribution in [0.3, 0.4) is 0 Å². The first-order valence-electron chi connectivity index (χ1n) is 10.2. The predicted octanol–water partition coefficient (Wildman–Crippen LogP) is 5.03. The average Bonchev–Trinajstić information content (AvgIpc) is 2.77. The third kappa shape index (κ3) is 4.55. The van der Waals surface area contributed by atoms with Crippen molar-refractivity contribution in [2.24, 2.45) is 4.99 Å². The van der Waals surface area contributed by atoms with Crippen molar-refractivity contribution in [3.05, 3.63) is 86.5 Å². The summed E-state index contributed by atoms with van der Waals surface area (Å²) in [6.07, 6.45) is 8.35. The standard InChI is InChI=1S/C26H23FN2O4/c1-6-7-10-21(28-5)24-15(3)23(30)18-13-14(2)12-17(25(18)33-24)16(4)29-20-11-8-9-19(27)22(20)26(31)32/h1,7-13,16,29H,2-5H3,(H,31,32)/b10-7-,28-21+. The molecule has 0 saturated heterocycles. The number of nitrogens with zero attached hydrogens (tertiary/aromatic N) is 1. The number of aliphatic imine (C=N–C) groups is 1. The van der Waals surface area contributed by atoms with E-state index < -0.39 is 23.4 Å². The number of carbonyl (C=O) groups is 1. The summed E-state index contributed by atoms with van der Waals surface area (Å²) in [6.45, 7) is 5.28. The van der Waals surface area contributed by atoms with Crippen molar-refractivity contribution in [1.29, 1.82) is 0 Å². The summed E-state index contributed by atoms with van der Waals surface area (Å²) < 4.78 is 20.3. The minimum atomic E-state index is -1.38. The van der Waals surface area contributed by atoms with E-state index in [2.05, 4.69) is 16.2 Å². The van der Waals surface area contributed by atoms with Gasteiger partial charge >= 0.3 is 5.97 Å². The number of terminal acetylenes is 1. The number of allylic oxidation sites excluding steroid dienone is 2. The molecule has 1 aromatic heterocycles. The second-order valence-corrected chi connectivity index (χ2v) is 7.56. The van der Waals surface area contributed by atoms with E-state index in [4.69, 9.17) is 10.8 Å². The third-order valence-electron chi connectivity index (χ3n) is 5.27. The number of hydrogen-bond donors (Lipinski definition) is 2. The molecule has 0 aliphatic heterocycles. The van der Waals surface area contributed by atoms with Crippen molar-refractivity contribution in [3.63, 3.8) is 0 Å². The van der Waals surface area contributed by atoms with E-state index in [1.807, 2.05) is 13.0 Å². The number of hydrogen-bond acceptors (Lipinski definition) is 5. The van der Waals surface area contributed by atoms with E-state index in [-0.39, 0.29) is 16.9 Å². The van der Waals surface area contributed by atoms with Crippen LogP contribution in [0.4, 0.5) is 10.1 Å². The number of carboxylic acid groups (broad SMARTS) is 1. The molecular weight excluding hydrogens is 423 g/mol. The molecule has 6 nitrogen and oxygen atoms in total. The molecule has 0 fully saturated rings. The van der Waals surface area contributed by atoms with Crippen molar-refractivity contribution in [2.75, 3.05) is 12.4 Å². The van der Waals surface area contributed by atoms with Gasteiger partial charge in [0.1, 0.15) is 22.7 Å². The minimum absolute atomic E-state index is 0.118. The fourth-order valence-electron chi connectivity index (χ4n) is 3.69. The molecule has 1 atom stereocenters. The van der Waals surface area contributed by atoms with Crippen LogP contribution in [-0.4, -0.2) is 23.8 Å². The smallest absolute Gasteiger partial charge is 0.340 e. The lowest BCUT2D eigenvalue weighted by Gasteiger charge is -2.20. The van der Waals surface area contributed by atoms with Crippen LogP contribution in [0.2, 0.25) is 0 Å². The van der Waals surface area contributed by atoms with Crippen LogP contribution in [-0.2, 0) is 0 Å². The van der Waals surface area contributed by atoms with Gasteiger partial charge in [0.2, 0.25) is 0 Å². The van der Waals surface area contributed by atoms with E-state index in [9.17, 15) is 19.1 Å². The van der Waals surface area contributed by atoms with Crippen LogP contribution in [0, 0.1) is 32.0 Å². The Morgan fingerprint density at radius 1 is 1.33 bits per heavy atom. The summed E-state index contributed by atoms with van der Waals surface area (Å²) in [5.74, 6) is 0.446. The SMILES string of the molecule is C#C/C=C\C(=N/C)c1oc2c(C(C)Nc3cccc(F)c3C(=O)O)cc(C)cc2c(=O)c1C. The van der Waals surface area contributed by atoms with Gasteiger partial charge in [-0.1, -0.05) is 18.1 Å². The van der Waals surface area contributed by atoms with Crippen molar-refractivity contribution in [1.82, 2.24) is 0 Å². The third-order valence-corrected chi connectivity index (χ3v) is 5.27. The van der Waals surface area contributed by atoms with Gasteiger partial charge in [-0.2, -0.15) is 0 Å². The first kappa shape index (κ1) is 23.5.